The van der Waals surface area contributed by atoms with E-state index in [2.05, 4.69) is 17.3 Å². The van der Waals surface area contributed by atoms with Crippen LogP contribution in [-0.4, -0.2) is 11.0 Å². The van der Waals surface area contributed by atoms with Gasteiger partial charge in [-0.3, -0.25) is 0 Å². The Morgan fingerprint density at radius 3 is 2.57 bits per heavy atom. The molecule has 1 rings (SSSR count). The Morgan fingerprint density at radius 2 is 1.93 bits per heavy atom. The molecule has 0 aliphatic carbocycles. The van der Waals surface area contributed by atoms with Crippen LogP contribution in [0.4, 0.5) is 0 Å². The van der Waals surface area contributed by atoms with E-state index in [9.17, 15) is 0 Å². The topological polar surface area (TPSA) is 58.6 Å². The summed E-state index contributed by atoms with van der Waals surface area (Å²) in [4.78, 5) is 0. The molecule has 0 fully saturated rings. The maximum Gasteiger partial charge on any atom is 0.139 e. The van der Waals surface area contributed by atoms with E-state index >= 15 is 0 Å². The van der Waals surface area contributed by atoms with Crippen LogP contribution in [0.5, 0.6) is 0 Å². The highest BCUT2D eigenvalue weighted by Gasteiger charge is 1.95. The Hall–Kier alpha value is -1.51. The molecule has 14 heavy (non-hydrogen) atoms. The summed E-state index contributed by atoms with van der Waals surface area (Å²) >= 11 is 0. The lowest BCUT2D eigenvalue weighted by Gasteiger charge is -2.00. The standard InChI is InChI=1S/C11H16N2O/c12-11(13-14)9-5-4-8-10-6-2-1-3-7-10/h1-3,6-7,14H,4-5,8-9H2,(H2,12,13). The lowest BCUT2D eigenvalue weighted by atomic mass is 10.1. The van der Waals surface area contributed by atoms with E-state index in [4.69, 9.17) is 10.9 Å². The van der Waals surface area contributed by atoms with Crippen molar-refractivity contribution in [2.45, 2.75) is 25.7 Å². The average molecular weight is 192 g/mol. The van der Waals surface area contributed by atoms with Crippen LogP contribution in [-0.2, 0) is 6.42 Å². The summed E-state index contributed by atoms with van der Waals surface area (Å²) in [5, 5.41) is 11.2. The maximum absolute atomic E-state index is 8.31. The van der Waals surface area contributed by atoms with Gasteiger partial charge in [0.2, 0.25) is 0 Å². The quantitative estimate of drug-likeness (QED) is 0.247. The van der Waals surface area contributed by atoms with Crippen molar-refractivity contribution in [3.8, 4) is 0 Å². The van der Waals surface area contributed by atoms with Gasteiger partial charge in [-0.25, -0.2) is 0 Å². The van der Waals surface area contributed by atoms with Gasteiger partial charge in [-0.05, 0) is 24.8 Å². The van der Waals surface area contributed by atoms with Crippen LogP contribution < -0.4 is 5.73 Å². The third-order valence-corrected chi connectivity index (χ3v) is 2.12. The van der Waals surface area contributed by atoms with E-state index in [1.54, 1.807) is 0 Å². The molecular formula is C11H16N2O. The summed E-state index contributed by atoms with van der Waals surface area (Å²) in [5.74, 6) is 0.318. The van der Waals surface area contributed by atoms with Gasteiger partial charge in [0, 0.05) is 6.42 Å². The predicted octanol–water partition coefficient (Wildman–Crippen LogP) is 2.15. The molecule has 0 bridgehead atoms. The van der Waals surface area contributed by atoms with E-state index in [1.165, 1.54) is 5.56 Å². The molecule has 1 aromatic carbocycles. The minimum absolute atomic E-state index is 0.318. The SMILES string of the molecule is N/C(CCCCc1ccccc1)=N\O. The van der Waals surface area contributed by atoms with Crippen molar-refractivity contribution in [2.24, 2.45) is 10.9 Å². The fourth-order valence-corrected chi connectivity index (χ4v) is 1.33. The zero-order valence-corrected chi connectivity index (χ0v) is 8.19. The molecule has 3 N–H and O–H groups in total. The number of unbranched alkanes of at least 4 members (excludes halogenated alkanes) is 1. The fraction of sp³-hybridized carbons (Fsp3) is 0.364. The van der Waals surface area contributed by atoms with Crippen LogP contribution >= 0.6 is 0 Å². The highest BCUT2D eigenvalue weighted by Crippen LogP contribution is 2.05. The second-order valence-corrected chi connectivity index (χ2v) is 3.28. The molecular weight excluding hydrogens is 176 g/mol. The number of hydrogen-bond donors (Lipinski definition) is 2. The van der Waals surface area contributed by atoms with E-state index < -0.39 is 0 Å². The molecule has 0 saturated carbocycles. The first kappa shape index (κ1) is 10.6. The number of nitrogens with two attached hydrogens (primary N) is 1. The molecule has 0 radical (unpaired) electrons. The Bertz CT molecular complexity index is 283. The predicted molar refractivity (Wildman–Crippen MR) is 57.4 cm³/mol. The van der Waals surface area contributed by atoms with Crippen molar-refractivity contribution in [1.82, 2.24) is 0 Å². The van der Waals surface area contributed by atoms with Crippen molar-refractivity contribution in [1.29, 1.82) is 0 Å². The average Bonchev–Trinajstić information content (AvgIpc) is 2.25. The van der Waals surface area contributed by atoms with Gasteiger partial charge in [0.15, 0.2) is 0 Å². The lowest BCUT2D eigenvalue weighted by Crippen LogP contribution is -2.10. The van der Waals surface area contributed by atoms with Gasteiger partial charge < -0.3 is 10.9 Å². The van der Waals surface area contributed by atoms with E-state index in [1.807, 2.05) is 18.2 Å². The Kier molecular flexibility index (Phi) is 4.55. The molecule has 0 saturated heterocycles. The third kappa shape index (κ3) is 3.94. The van der Waals surface area contributed by atoms with Gasteiger partial charge in [0.1, 0.15) is 5.84 Å². The number of benzene rings is 1. The summed E-state index contributed by atoms with van der Waals surface area (Å²) in [5.41, 5.74) is 6.69. The molecule has 1 aromatic rings. The first-order chi connectivity index (χ1) is 6.83. The third-order valence-electron chi connectivity index (χ3n) is 2.12. The summed E-state index contributed by atoms with van der Waals surface area (Å²) in [6.07, 6.45) is 3.76. The molecule has 3 heteroatoms. The Morgan fingerprint density at radius 1 is 1.21 bits per heavy atom. The fourth-order valence-electron chi connectivity index (χ4n) is 1.33. The van der Waals surface area contributed by atoms with Crippen molar-refractivity contribution >= 4 is 5.84 Å². The van der Waals surface area contributed by atoms with Gasteiger partial charge in [-0.1, -0.05) is 35.5 Å². The number of hydrogen-bond acceptors (Lipinski definition) is 2. The van der Waals surface area contributed by atoms with E-state index in [0.717, 1.165) is 19.3 Å². The van der Waals surface area contributed by atoms with Crippen LogP contribution in [0.3, 0.4) is 0 Å². The van der Waals surface area contributed by atoms with Crippen molar-refractivity contribution < 1.29 is 5.21 Å². The largest absolute Gasteiger partial charge is 0.409 e. The van der Waals surface area contributed by atoms with Crippen molar-refractivity contribution in [2.75, 3.05) is 0 Å². The van der Waals surface area contributed by atoms with Gasteiger partial charge in [-0.15, -0.1) is 0 Å². The molecule has 0 heterocycles. The van der Waals surface area contributed by atoms with Crippen molar-refractivity contribution in [3.63, 3.8) is 0 Å². The van der Waals surface area contributed by atoms with Gasteiger partial charge in [-0.2, -0.15) is 0 Å². The summed E-state index contributed by atoms with van der Waals surface area (Å²) in [7, 11) is 0. The molecule has 0 aliphatic rings. The minimum Gasteiger partial charge on any atom is -0.409 e. The lowest BCUT2D eigenvalue weighted by molar-refractivity contribution is 0.316. The molecule has 0 spiro atoms. The molecule has 0 aromatic heterocycles. The minimum atomic E-state index is 0.318. The van der Waals surface area contributed by atoms with E-state index in [-0.39, 0.29) is 0 Å². The first-order valence-corrected chi connectivity index (χ1v) is 4.83. The summed E-state index contributed by atoms with van der Waals surface area (Å²) in [6.45, 7) is 0. The summed E-state index contributed by atoms with van der Waals surface area (Å²) < 4.78 is 0. The molecule has 0 aliphatic heterocycles. The Labute approximate surface area is 84.2 Å². The number of nitrogens with zero attached hydrogens (tertiary/aromatic N) is 1. The molecule has 0 unspecified atom stereocenters. The smallest absolute Gasteiger partial charge is 0.139 e. The number of oxime groups is 1. The van der Waals surface area contributed by atoms with Crippen LogP contribution in [0.15, 0.2) is 35.5 Å². The van der Waals surface area contributed by atoms with Crippen molar-refractivity contribution in [3.05, 3.63) is 35.9 Å². The van der Waals surface area contributed by atoms with Crippen LogP contribution in [0, 0.1) is 0 Å². The van der Waals surface area contributed by atoms with Crippen LogP contribution in [0.25, 0.3) is 0 Å². The van der Waals surface area contributed by atoms with Gasteiger partial charge >= 0.3 is 0 Å². The second-order valence-electron chi connectivity index (χ2n) is 3.28. The van der Waals surface area contributed by atoms with Gasteiger partial charge in [0.05, 0.1) is 0 Å². The maximum atomic E-state index is 8.31. The molecule has 3 nitrogen and oxygen atoms in total. The molecule has 76 valence electrons. The normalized spacial score (nSPS) is 11.6. The van der Waals surface area contributed by atoms with Crippen LogP contribution in [0.1, 0.15) is 24.8 Å². The monoisotopic (exact) mass is 192 g/mol. The summed E-state index contributed by atoms with van der Waals surface area (Å²) in [6, 6.07) is 10.3. The van der Waals surface area contributed by atoms with E-state index in [0.29, 0.717) is 12.3 Å². The first-order valence-electron chi connectivity index (χ1n) is 4.83. The highest BCUT2D eigenvalue weighted by atomic mass is 16.4. The second kappa shape index (κ2) is 6.02. The molecule has 0 atom stereocenters. The number of amidine groups is 1. The number of rotatable bonds is 5. The Balaban J connectivity index is 2.17. The van der Waals surface area contributed by atoms with Crippen LogP contribution in [0.2, 0.25) is 0 Å². The van der Waals surface area contributed by atoms with Gasteiger partial charge in [0.25, 0.3) is 0 Å². The molecule has 0 amide bonds. The number of aryl methyl sites for hydroxylation is 1. The highest BCUT2D eigenvalue weighted by molar-refractivity contribution is 5.79. The zero-order valence-electron chi connectivity index (χ0n) is 8.19. The zero-order chi connectivity index (χ0) is 10.2.